The zero-order chi connectivity index (χ0) is 20.3. The average Bonchev–Trinajstić information content (AvgIpc) is 2.69. The number of nitrogens with zero attached hydrogens (tertiary/aromatic N) is 3. The van der Waals surface area contributed by atoms with E-state index in [-0.39, 0.29) is 28.1 Å². The number of amides is 1. The first kappa shape index (κ1) is 19.9. The summed E-state index contributed by atoms with van der Waals surface area (Å²) in [5.41, 5.74) is 0.214. The van der Waals surface area contributed by atoms with Gasteiger partial charge in [-0.2, -0.15) is 0 Å². The molecule has 0 spiro atoms. The van der Waals surface area contributed by atoms with Gasteiger partial charge in [-0.25, -0.2) is 0 Å². The normalized spacial score (nSPS) is 14.6. The van der Waals surface area contributed by atoms with E-state index in [4.69, 9.17) is 21.1 Å². The van der Waals surface area contributed by atoms with Crippen molar-refractivity contribution < 1.29 is 19.2 Å². The topological polar surface area (TPSA) is 85.2 Å². The Kier molecular flexibility index (Phi) is 6.01. The van der Waals surface area contributed by atoms with Gasteiger partial charge in [-0.05, 0) is 37.4 Å². The van der Waals surface area contributed by atoms with Crippen LogP contribution in [-0.2, 0) is 0 Å². The molecule has 1 amide bonds. The van der Waals surface area contributed by atoms with Gasteiger partial charge in [0.2, 0.25) is 5.75 Å². The van der Waals surface area contributed by atoms with Gasteiger partial charge in [-0.3, -0.25) is 14.9 Å². The van der Waals surface area contributed by atoms with E-state index in [0.717, 1.165) is 13.1 Å². The summed E-state index contributed by atoms with van der Waals surface area (Å²) >= 11 is 5.83. The molecule has 8 nitrogen and oxygen atoms in total. The summed E-state index contributed by atoms with van der Waals surface area (Å²) < 4.78 is 11.0. The lowest BCUT2D eigenvalue weighted by Crippen LogP contribution is -2.47. The van der Waals surface area contributed by atoms with Gasteiger partial charge in [-0.1, -0.05) is 11.6 Å². The van der Waals surface area contributed by atoms with Crippen LogP contribution in [0.4, 0.5) is 5.69 Å². The Morgan fingerprint density at radius 2 is 1.75 bits per heavy atom. The molecule has 0 saturated carbocycles. The molecular formula is C19H20ClN3O5. The molecule has 0 aliphatic carbocycles. The van der Waals surface area contributed by atoms with Crippen molar-refractivity contribution in [1.29, 1.82) is 0 Å². The third-order valence-corrected chi connectivity index (χ3v) is 4.77. The van der Waals surface area contributed by atoms with E-state index in [1.165, 1.54) is 25.3 Å². The molecule has 1 aliphatic rings. The summed E-state index contributed by atoms with van der Waals surface area (Å²) in [5, 5.41) is 11.5. The Bertz CT molecular complexity index is 897. The second-order valence-corrected chi connectivity index (χ2v) is 6.87. The number of nitro groups is 1. The maximum Gasteiger partial charge on any atom is 0.313 e. The van der Waals surface area contributed by atoms with Crippen LogP contribution in [0.3, 0.4) is 0 Å². The van der Waals surface area contributed by atoms with Crippen molar-refractivity contribution in [2.45, 2.75) is 0 Å². The van der Waals surface area contributed by atoms with E-state index in [9.17, 15) is 14.9 Å². The Labute approximate surface area is 167 Å². The molecule has 3 rings (SSSR count). The fourth-order valence-corrected chi connectivity index (χ4v) is 3.08. The SMILES string of the molecule is COc1cc(C(=O)N2CCN(C)CC2)ccc1Oc1ccc(Cl)cc1[N+](=O)[O-]. The number of halogens is 1. The largest absolute Gasteiger partial charge is 0.493 e. The molecule has 0 atom stereocenters. The van der Waals surface area contributed by atoms with Gasteiger partial charge in [0.25, 0.3) is 5.91 Å². The van der Waals surface area contributed by atoms with Gasteiger partial charge < -0.3 is 19.3 Å². The van der Waals surface area contributed by atoms with Crippen LogP contribution in [0.15, 0.2) is 36.4 Å². The molecule has 0 N–H and O–H groups in total. The molecule has 0 bridgehead atoms. The summed E-state index contributed by atoms with van der Waals surface area (Å²) in [4.78, 5) is 27.4. The van der Waals surface area contributed by atoms with Gasteiger partial charge >= 0.3 is 5.69 Å². The predicted octanol–water partition coefficient (Wildman–Crippen LogP) is 3.44. The minimum Gasteiger partial charge on any atom is -0.493 e. The van der Waals surface area contributed by atoms with Crippen LogP contribution in [0, 0.1) is 10.1 Å². The number of rotatable bonds is 5. The number of methoxy groups -OCH3 is 1. The first-order valence-electron chi connectivity index (χ1n) is 8.66. The Balaban J connectivity index is 1.84. The van der Waals surface area contributed by atoms with E-state index < -0.39 is 4.92 Å². The molecule has 2 aromatic carbocycles. The molecule has 0 unspecified atom stereocenters. The van der Waals surface area contributed by atoms with Crippen molar-refractivity contribution >= 4 is 23.2 Å². The van der Waals surface area contributed by atoms with Crippen LogP contribution in [0.5, 0.6) is 17.2 Å². The molecule has 9 heteroatoms. The smallest absolute Gasteiger partial charge is 0.313 e. The van der Waals surface area contributed by atoms with Crippen molar-refractivity contribution in [1.82, 2.24) is 9.80 Å². The van der Waals surface area contributed by atoms with Gasteiger partial charge in [0, 0.05) is 42.8 Å². The first-order valence-corrected chi connectivity index (χ1v) is 9.04. The predicted molar refractivity (Wildman–Crippen MR) is 105 cm³/mol. The molecule has 0 radical (unpaired) electrons. The second-order valence-electron chi connectivity index (χ2n) is 6.43. The number of benzene rings is 2. The van der Waals surface area contributed by atoms with Crippen LogP contribution >= 0.6 is 11.6 Å². The number of hydrogen-bond acceptors (Lipinski definition) is 6. The molecule has 1 fully saturated rings. The minimum atomic E-state index is -0.570. The summed E-state index contributed by atoms with van der Waals surface area (Å²) in [6.45, 7) is 2.97. The van der Waals surface area contributed by atoms with Crippen molar-refractivity contribution in [3.05, 3.63) is 57.1 Å². The number of ether oxygens (including phenoxy) is 2. The summed E-state index contributed by atoms with van der Waals surface area (Å²) in [7, 11) is 3.47. The van der Waals surface area contributed by atoms with Crippen LogP contribution in [-0.4, -0.2) is 61.0 Å². The molecule has 28 heavy (non-hydrogen) atoms. The molecule has 2 aromatic rings. The lowest BCUT2D eigenvalue weighted by Gasteiger charge is -2.32. The average molecular weight is 406 g/mol. The van der Waals surface area contributed by atoms with E-state index in [1.54, 1.807) is 23.1 Å². The highest BCUT2D eigenvalue weighted by Gasteiger charge is 2.23. The Morgan fingerprint density at radius 3 is 2.39 bits per heavy atom. The van der Waals surface area contributed by atoms with Crippen LogP contribution in [0.2, 0.25) is 5.02 Å². The van der Waals surface area contributed by atoms with Gasteiger partial charge in [0.05, 0.1) is 12.0 Å². The highest BCUT2D eigenvalue weighted by Crippen LogP contribution is 2.38. The number of nitro benzene ring substituents is 1. The summed E-state index contributed by atoms with van der Waals surface area (Å²) in [6, 6.07) is 8.91. The summed E-state index contributed by atoms with van der Waals surface area (Å²) in [6.07, 6.45) is 0. The number of likely N-dealkylation sites (N-methyl/N-ethyl adjacent to an activating group) is 1. The Morgan fingerprint density at radius 1 is 1.07 bits per heavy atom. The second kappa shape index (κ2) is 8.45. The maximum atomic E-state index is 12.7. The number of carbonyl (C=O) groups is 1. The molecule has 1 aliphatic heterocycles. The monoisotopic (exact) mass is 405 g/mol. The number of carbonyl (C=O) groups excluding carboxylic acids is 1. The first-order chi connectivity index (χ1) is 13.4. The summed E-state index contributed by atoms with van der Waals surface area (Å²) in [5.74, 6) is 0.522. The third kappa shape index (κ3) is 4.35. The zero-order valence-corrected chi connectivity index (χ0v) is 16.3. The molecule has 0 aromatic heterocycles. The minimum absolute atomic E-state index is 0.0332. The Hall–Kier alpha value is -2.84. The van der Waals surface area contributed by atoms with Gasteiger partial charge in [-0.15, -0.1) is 0 Å². The molecular weight excluding hydrogens is 386 g/mol. The van der Waals surface area contributed by atoms with Crippen LogP contribution in [0.25, 0.3) is 0 Å². The van der Waals surface area contributed by atoms with E-state index in [0.29, 0.717) is 24.4 Å². The molecule has 1 saturated heterocycles. The van der Waals surface area contributed by atoms with Gasteiger partial charge in [0.15, 0.2) is 11.5 Å². The lowest BCUT2D eigenvalue weighted by molar-refractivity contribution is -0.385. The van der Waals surface area contributed by atoms with Crippen LogP contribution < -0.4 is 9.47 Å². The van der Waals surface area contributed by atoms with E-state index >= 15 is 0 Å². The maximum absolute atomic E-state index is 12.7. The lowest BCUT2D eigenvalue weighted by atomic mass is 10.1. The molecule has 148 valence electrons. The van der Waals surface area contributed by atoms with Gasteiger partial charge in [0.1, 0.15) is 0 Å². The van der Waals surface area contributed by atoms with Crippen molar-refractivity contribution in [2.75, 3.05) is 40.3 Å². The van der Waals surface area contributed by atoms with E-state index in [2.05, 4.69) is 4.90 Å². The fourth-order valence-electron chi connectivity index (χ4n) is 2.92. The highest BCUT2D eigenvalue weighted by molar-refractivity contribution is 6.30. The van der Waals surface area contributed by atoms with Crippen molar-refractivity contribution in [2.24, 2.45) is 0 Å². The fraction of sp³-hybridized carbons (Fsp3) is 0.316. The number of piperazine rings is 1. The third-order valence-electron chi connectivity index (χ3n) is 4.54. The zero-order valence-electron chi connectivity index (χ0n) is 15.6. The highest BCUT2D eigenvalue weighted by atomic mass is 35.5. The standard InChI is InChI=1S/C19H20ClN3O5/c1-21-7-9-22(10-8-21)19(24)13-3-5-17(18(11-13)27-2)28-16-6-4-14(20)12-15(16)23(25)26/h3-6,11-12H,7-10H2,1-2H3. The van der Waals surface area contributed by atoms with Crippen molar-refractivity contribution in [3.63, 3.8) is 0 Å². The van der Waals surface area contributed by atoms with Crippen molar-refractivity contribution in [3.8, 4) is 17.2 Å². The van der Waals surface area contributed by atoms with Crippen LogP contribution in [0.1, 0.15) is 10.4 Å². The van der Waals surface area contributed by atoms with E-state index in [1.807, 2.05) is 7.05 Å². The number of hydrogen-bond donors (Lipinski definition) is 0. The molecule has 1 heterocycles. The quantitative estimate of drug-likeness (QED) is 0.559.